The number of carbonyl (C=O) groups excluding carboxylic acids is 2. The van der Waals surface area contributed by atoms with Gasteiger partial charge < -0.3 is 10.6 Å². The Morgan fingerprint density at radius 1 is 1.18 bits per heavy atom. The molecule has 2 aliphatic carbocycles. The van der Waals surface area contributed by atoms with E-state index < -0.39 is 0 Å². The van der Waals surface area contributed by atoms with Crippen LogP contribution < -0.4 is 10.6 Å². The maximum Gasteiger partial charge on any atom is 0.233 e. The van der Waals surface area contributed by atoms with E-state index in [-0.39, 0.29) is 35.5 Å². The van der Waals surface area contributed by atoms with E-state index in [1.807, 2.05) is 31.2 Å². The number of aromatic amines is 1. The lowest BCUT2D eigenvalue weighted by Crippen LogP contribution is -2.40. The van der Waals surface area contributed by atoms with Crippen molar-refractivity contribution in [3.8, 4) is 11.4 Å². The van der Waals surface area contributed by atoms with E-state index in [2.05, 4.69) is 43.0 Å². The highest BCUT2D eigenvalue weighted by molar-refractivity contribution is 6.06. The van der Waals surface area contributed by atoms with E-state index in [1.54, 1.807) is 0 Å². The monoisotopic (exact) mass is 447 g/mol. The lowest BCUT2D eigenvalue weighted by atomic mass is 9.85. The molecule has 4 unspecified atom stereocenters. The predicted molar refractivity (Wildman–Crippen MR) is 124 cm³/mol. The molecule has 4 atom stereocenters. The minimum absolute atomic E-state index is 0.0223. The molecular formula is C24H29N7O2. The number of allylic oxidation sites excluding steroid dienone is 2. The van der Waals surface area contributed by atoms with Crippen LogP contribution in [0.4, 0.5) is 0 Å². The van der Waals surface area contributed by atoms with Crippen LogP contribution in [0.5, 0.6) is 0 Å². The Labute approximate surface area is 192 Å². The van der Waals surface area contributed by atoms with Crippen LogP contribution in [0.3, 0.4) is 0 Å². The van der Waals surface area contributed by atoms with Crippen molar-refractivity contribution in [1.29, 1.82) is 0 Å². The van der Waals surface area contributed by atoms with Gasteiger partial charge in [-0.1, -0.05) is 30.4 Å². The summed E-state index contributed by atoms with van der Waals surface area (Å²) in [5.41, 5.74) is 2.02. The van der Waals surface area contributed by atoms with Crippen molar-refractivity contribution in [1.82, 2.24) is 30.7 Å². The van der Waals surface area contributed by atoms with E-state index in [1.165, 1.54) is 11.2 Å². The summed E-state index contributed by atoms with van der Waals surface area (Å²) < 4.78 is 0. The number of nitrogens with one attached hydrogen (secondary N) is 3. The average Bonchev–Trinajstić information content (AvgIpc) is 3.62. The van der Waals surface area contributed by atoms with Crippen molar-refractivity contribution >= 4 is 17.8 Å². The lowest BCUT2D eigenvalue weighted by molar-refractivity contribution is -0.140. The first-order valence-electron chi connectivity index (χ1n) is 11.7. The number of guanidine groups is 1. The van der Waals surface area contributed by atoms with Crippen LogP contribution in [0.2, 0.25) is 0 Å². The molecule has 2 bridgehead atoms. The van der Waals surface area contributed by atoms with E-state index in [0.717, 1.165) is 29.9 Å². The first-order valence-corrected chi connectivity index (χ1v) is 11.7. The molecule has 2 amide bonds. The van der Waals surface area contributed by atoms with Crippen LogP contribution in [0, 0.1) is 23.7 Å². The van der Waals surface area contributed by atoms with Crippen molar-refractivity contribution in [2.24, 2.45) is 28.7 Å². The zero-order valence-electron chi connectivity index (χ0n) is 18.7. The molecule has 1 saturated heterocycles. The molecule has 5 rings (SSSR count). The molecule has 2 aromatic rings. The minimum atomic E-state index is -0.118. The van der Waals surface area contributed by atoms with Gasteiger partial charge in [-0.05, 0) is 43.2 Å². The van der Waals surface area contributed by atoms with Gasteiger partial charge in [0.05, 0.1) is 18.4 Å². The maximum absolute atomic E-state index is 12.8. The Balaban J connectivity index is 1.13. The van der Waals surface area contributed by atoms with Crippen molar-refractivity contribution in [3.05, 3.63) is 48.3 Å². The van der Waals surface area contributed by atoms with E-state index in [0.29, 0.717) is 32.0 Å². The summed E-state index contributed by atoms with van der Waals surface area (Å²) in [5.74, 6) is 1.76. The second kappa shape index (κ2) is 9.17. The van der Waals surface area contributed by atoms with Crippen molar-refractivity contribution in [2.75, 3.05) is 19.6 Å². The Morgan fingerprint density at radius 2 is 1.97 bits per heavy atom. The number of benzene rings is 1. The van der Waals surface area contributed by atoms with E-state index >= 15 is 0 Å². The van der Waals surface area contributed by atoms with Gasteiger partial charge in [0.1, 0.15) is 6.33 Å². The van der Waals surface area contributed by atoms with Crippen molar-refractivity contribution < 1.29 is 9.59 Å². The minimum Gasteiger partial charge on any atom is -0.357 e. The molecule has 3 aliphatic rings. The number of H-pyrrole nitrogens is 1. The first-order chi connectivity index (χ1) is 16.2. The van der Waals surface area contributed by atoms with Gasteiger partial charge in [-0.15, -0.1) is 0 Å². The lowest BCUT2D eigenvalue weighted by Gasteiger charge is -2.18. The number of fused-ring (bicyclic) bond motifs is 5. The van der Waals surface area contributed by atoms with Crippen molar-refractivity contribution in [3.63, 3.8) is 0 Å². The Hall–Kier alpha value is -3.49. The number of hydrogen-bond donors (Lipinski definition) is 3. The Bertz CT molecular complexity index is 1050. The summed E-state index contributed by atoms with van der Waals surface area (Å²) in [6.07, 6.45) is 7.39. The van der Waals surface area contributed by atoms with Crippen LogP contribution in [-0.4, -0.2) is 57.5 Å². The second-order valence-electron chi connectivity index (χ2n) is 8.84. The SMILES string of the molecule is CCNC(=NCc1cccc(-c2ncn[nH]2)c1)NCCCN1C(=O)C2C3C=CC(C3)C2C1=O. The molecule has 1 aliphatic heterocycles. The van der Waals surface area contributed by atoms with Gasteiger partial charge in [0.25, 0.3) is 0 Å². The number of carbonyl (C=O) groups is 2. The molecule has 172 valence electrons. The number of hydrogen-bond acceptors (Lipinski definition) is 5. The van der Waals surface area contributed by atoms with Gasteiger partial charge in [0, 0.05) is 25.2 Å². The average molecular weight is 448 g/mol. The Morgan fingerprint density at radius 3 is 2.67 bits per heavy atom. The van der Waals surface area contributed by atoms with Crippen LogP contribution in [0.25, 0.3) is 11.4 Å². The van der Waals surface area contributed by atoms with Gasteiger partial charge in [0.2, 0.25) is 11.8 Å². The molecule has 1 aromatic carbocycles. The fraction of sp³-hybridized carbons (Fsp3) is 0.458. The largest absolute Gasteiger partial charge is 0.357 e. The molecule has 2 heterocycles. The topological polar surface area (TPSA) is 115 Å². The van der Waals surface area contributed by atoms with Gasteiger partial charge in [-0.3, -0.25) is 19.6 Å². The molecule has 9 heteroatoms. The number of aliphatic imine (C=N–C) groups is 1. The zero-order valence-corrected chi connectivity index (χ0v) is 18.7. The second-order valence-corrected chi connectivity index (χ2v) is 8.84. The quantitative estimate of drug-likeness (QED) is 0.187. The summed E-state index contributed by atoms with van der Waals surface area (Å²) in [4.78, 5) is 35.9. The number of imide groups is 1. The highest BCUT2D eigenvalue weighted by Crippen LogP contribution is 2.52. The zero-order chi connectivity index (χ0) is 22.8. The molecule has 9 nitrogen and oxygen atoms in total. The molecule has 1 saturated carbocycles. The summed E-state index contributed by atoms with van der Waals surface area (Å²) in [6.45, 7) is 4.35. The van der Waals surface area contributed by atoms with Gasteiger partial charge in [-0.2, -0.15) is 5.10 Å². The molecule has 0 spiro atoms. The smallest absolute Gasteiger partial charge is 0.233 e. The molecule has 0 radical (unpaired) electrons. The number of likely N-dealkylation sites (tertiary alicyclic amines) is 1. The van der Waals surface area contributed by atoms with Crippen molar-refractivity contribution in [2.45, 2.75) is 26.3 Å². The van der Waals surface area contributed by atoms with E-state index in [4.69, 9.17) is 0 Å². The highest BCUT2D eigenvalue weighted by Gasteiger charge is 2.58. The Kier molecular flexibility index (Phi) is 5.93. The molecule has 2 fully saturated rings. The number of rotatable bonds is 8. The van der Waals surface area contributed by atoms with Crippen LogP contribution in [0.1, 0.15) is 25.3 Å². The van der Waals surface area contributed by atoms with Crippen LogP contribution >= 0.6 is 0 Å². The normalized spacial score (nSPS) is 25.7. The van der Waals surface area contributed by atoms with E-state index in [9.17, 15) is 9.59 Å². The van der Waals surface area contributed by atoms with Crippen LogP contribution in [0.15, 0.2) is 47.7 Å². The maximum atomic E-state index is 12.8. The van der Waals surface area contributed by atoms with Gasteiger partial charge >= 0.3 is 0 Å². The van der Waals surface area contributed by atoms with Crippen LogP contribution in [-0.2, 0) is 16.1 Å². The van der Waals surface area contributed by atoms with Gasteiger partial charge in [0.15, 0.2) is 11.8 Å². The summed E-state index contributed by atoms with van der Waals surface area (Å²) >= 11 is 0. The fourth-order valence-corrected chi connectivity index (χ4v) is 5.30. The van der Waals surface area contributed by atoms with Gasteiger partial charge in [-0.25, -0.2) is 9.98 Å². The molecule has 3 N–H and O–H groups in total. The number of nitrogens with zero attached hydrogens (tertiary/aromatic N) is 4. The molecule has 1 aromatic heterocycles. The first kappa shape index (κ1) is 21.4. The number of aromatic nitrogens is 3. The fourth-order valence-electron chi connectivity index (χ4n) is 5.30. The summed E-state index contributed by atoms with van der Waals surface area (Å²) in [7, 11) is 0. The number of amides is 2. The third kappa shape index (κ3) is 4.15. The predicted octanol–water partition coefficient (Wildman–Crippen LogP) is 1.72. The third-order valence-electron chi connectivity index (χ3n) is 6.79. The third-order valence-corrected chi connectivity index (χ3v) is 6.79. The summed E-state index contributed by atoms with van der Waals surface area (Å²) in [6, 6.07) is 8.02. The standard InChI is InChI=1S/C24H29N7O2/c1-2-25-24(27-13-15-5-3-6-18(11-15)21-28-14-29-30-21)26-9-4-10-31-22(32)19-16-7-8-17(12-16)20(19)23(31)33/h3,5-8,11,14,16-17,19-20H,2,4,9-10,12-13H2,1H3,(H2,25,26,27)(H,28,29,30). The summed E-state index contributed by atoms with van der Waals surface area (Å²) in [5, 5.41) is 13.3. The highest BCUT2D eigenvalue weighted by atomic mass is 16.2. The molecule has 33 heavy (non-hydrogen) atoms. The molecular weight excluding hydrogens is 418 g/mol.